The minimum absolute atomic E-state index is 0. The van der Waals surface area contributed by atoms with Crippen LogP contribution in [0.3, 0.4) is 0 Å². The van der Waals surface area contributed by atoms with Gasteiger partial charge in [0.15, 0.2) is 0 Å². The zero-order valence-electron chi connectivity index (χ0n) is 14.3. The van der Waals surface area contributed by atoms with Crippen LogP contribution >= 0.6 is 24.0 Å². The largest absolute Gasteiger partial charge is 0.383 e. The number of halogens is 2. The zero-order chi connectivity index (χ0) is 17.1. The molecule has 1 saturated heterocycles. The van der Waals surface area contributed by atoms with Crippen molar-refractivity contribution in [2.45, 2.75) is 43.0 Å². The normalized spacial score (nSPS) is 21.0. The molecule has 0 saturated carbocycles. The second kappa shape index (κ2) is 8.83. The van der Waals surface area contributed by atoms with Gasteiger partial charge in [-0.25, -0.2) is 13.1 Å². The number of hydrogen-bond acceptors (Lipinski definition) is 4. The maximum atomic E-state index is 12.7. The van der Waals surface area contributed by atoms with Crippen molar-refractivity contribution < 1.29 is 13.2 Å². The number of ether oxygens (including phenoxy) is 1. The van der Waals surface area contributed by atoms with E-state index in [4.69, 9.17) is 16.3 Å². The highest BCUT2D eigenvalue weighted by atomic mass is 35.5. The van der Waals surface area contributed by atoms with E-state index in [2.05, 4.69) is 10.0 Å². The van der Waals surface area contributed by atoms with Crippen molar-refractivity contribution in [3.63, 3.8) is 0 Å². The van der Waals surface area contributed by atoms with Gasteiger partial charge >= 0.3 is 0 Å². The summed E-state index contributed by atoms with van der Waals surface area (Å²) in [7, 11) is -2.04. The molecule has 1 aliphatic rings. The molecule has 8 heteroatoms. The van der Waals surface area contributed by atoms with Crippen molar-refractivity contribution in [3.05, 3.63) is 28.8 Å². The fraction of sp³-hybridized carbons (Fsp3) is 0.625. The molecule has 1 heterocycles. The quantitative estimate of drug-likeness (QED) is 0.743. The summed E-state index contributed by atoms with van der Waals surface area (Å²) < 4.78 is 33.3. The fourth-order valence-electron chi connectivity index (χ4n) is 2.87. The molecule has 0 spiro atoms. The van der Waals surface area contributed by atoms with Crippen LogP contribution in [0.4, 0.5) is 0 Å². The molecule has 1 fully saturated rings. The lowest BCUT2D eigenvalue weighted by Gasteiger charge is -2.29. The maximum absolute atomic E-state index is 12.7. The van der Waals surface area contributed by atoms with Crippen LogP contribution in [0.25, 0.3) is 0 Å². The third kappa shape index (κ3) is 5.07. The Morgan fingerprint density at radius 2 is 2.12 bits per heavy atom. The Labute approximate surface area is 156 Å². The van der Waals surface area contributed by atoms with Crippen LogP contribution in [0, 0.1) is 0 Å². The molecule has 138 valence electrons. The molecule has 1 unspecified atom stereocenters. The number of hydrogen-bond donors (Lipinski definition) is 2. The molecule has 1 aromatic rings. The van der Waals surface area contributed by atoms with Crippen molar-refractivity contribution in [1.82, 2.24) is 10.0 Å². The van der Waals surface area contributed by atoms with Crippen LogP contribution in [0.5, 0.6) is 0 Å². The first kappa shape index (κ1) is 21.7. The van der Waals surface area contributed by atoms with Gasteiger partial charge in [-0.2, -0.15) is 0 Å². The number of rotatable bonds is 7. The Balaban J connectivity index is 0.00000288. The van der Waals surface area contributed by atoms with Crippen LogP contribution < -0.4 is 10.0 Å². The topological polar surface area (TPSA) is 67.4 Å². The van der Waals surface area contributed by atoms with Crippen LogP contribution in [0.15, 0.2) is 23.1 Å². The Kier molecular flexibility index (Phi) is 7.97. The van der Waals surface area contributed by atoms with Gasteiger partial charge in [0.2, 0.25) is 10.0 Å². The molecule has 5 nitrogen and oxygen atoms in total. The fourth-order valence-corrected chi connectivity index (χ4v) is 4.53. The van der Waals surface area contributed by atoms with E-state index in [9.17, 15) is 8.42 Å². The van der Waals surface area contributed by atoms with Crippen molar-refractivity contribution >= 4 is 34.0 Å². The molecule has 24 heavy (non-hydrogen) atoms. The van der Waals surface area contributed by atoms with Crippen LogP contribution in [-0.2, 0) is 14.8 Å². The SMILES string of the molecule is COCC1(CNS(=O)(=O)c2cc(C(C)C)ccc2Cl)CCCN1.Cl. The van der Waals surface area contributed by atoms with Crippen molar-refractivity contribution in [2.24, 2.45) is 0 Å². The average Bonchev–Trinajstić information content (AvgIpc) is 2.95. The summed E-state index contributed by atoms with van der Waals surface area (Å²) in [6, 6.07) is 5.15. The second-order valence-corrected chi connectivity index (χ2v) is 8.56. The summed E-state index contributed by atoms with van der Waals surface area (Å²) in [6.07, 6.45) is 1.89. The first-order valence-corrected chi connectivity index (χ1v) is 9.69. The van der Waals surface area contributed by atoms with E-state index in [1.165, 1.54) is 0 Å². The number of benzene rings is 1. The smallest absolute Gasteiger partial charge is 0.242 e. The molecular formula is C16H26Cl2N2O3S. The summed E-state index contributed by atoms with van der Waals surface area (Å²) in [4.78, 5) is 0.135. The molecule has 1 aliphatic heterocycles. The van der Waals surface area contributed by atoms with E-state index in [0.717, 1.165) is 24.9 Å². The Hall–Kier alpha value is -0.370. The molecule has 1 aromatic carbocycles. The summed E-state index contributed by atoms with van der Waals surface area (Å²) in [5, 5.41) is 3.59. The van der Waals surface area contributed by atoms with E-state index >= 15 is 0 Å². The third-order valence-corrected chi connectivity index (χ3v) is 6.15. The summed E-state index contributed by atoms with van der Waals surface area (Å²) >= 11 is 6.12. The molecular weight excluding hydrogens is 371 g/mol. The first-order valence-electron chi connectivity index (χ1n) is 7.83. The van der Waals surface area contributed by atoms with Crippen molar-refractivity contribution in [3.8, 4) is 0 Å². The highest BCUT2D eigenvalue weighted by Gasteiger charge is 2.35. The Bertz CT molecular complexity index is 645. The highest BCUT2D eigenvalue weighted by molar-refractivity contribution is 7.89. The lowest BCUT2D eigenvalue weighted by molar-refractivity contribution is 0.122. The number of methoxy groups -OCH3 is 1. The van der Waals surface area contributed by atoms with Gasteiger partial charge in [-0.3, -0.25) is 0 Å². The average molecular weight is 397 g/mol. The van der Waals surface area contributed by atoms with Gasteiger partial charge in [-0.05, 0) is 43.0 Å². The van der Waals surface area contributed by atoms with Crippen LogP contribution in [0.1, 0.15) is 38.2 Å². The molecule has 1 atom stereocenters. The molecule has 0 aromatic heterocycles. The van der Waals surface area contributed by atoms with E-state index in [1.807, 2.05) is 19.9 Å². The van der Waals surface area contributed by atoms with Gasteiger partial charge < -0.3 is 10.1 Å². The van der Waals surface area contributed by atoms with Gasteiger partial charge in [0.05, 0.1) is 17.2 Å². The Morgan fingerprint density at radius 1 is 1.42 bits per heavy atom. The van der Waals surface area contributed by atoms with Crippen LogP contribution in [-0.4, -0.2) is 40.8 Å². The van der Waals surface area contributed by atoms with E-state index in [1.54, 1.807) is 19.2 Å². The summed E-state index contributed by atoms with van der Waals surface area (Å²) in [5.74, 6) is 0.234. The monoisotopic (exact) mass is 396 g/mol. The Morgan fingerprint density at radius 3 is 2.67 bits per heavy atom. The minimum Gasteiger partial charge on any atom is -0.383 e. The van der Waals surface area contributed by atoms with Gasteiger partial charge in [0.1, 0.15) is 4.90 Å². The van der Waals surface area contributed by atoms with E-state index in [-0.39, 0.29) is 40.3 Å². The first-order chi connectivity index (χ1) is 10.8. The van der Waals surface area contributed by atoms with Crippen molar-refractivity contribution in [2.75, 3.05) is 26.8 Å². The molecule has 0 radical (unpaired) electrons. The van der Waals surface area contributed by atoms with Crippen molar-refractivity contribution in [1.29, 1.82) is 0 Å². The van der Waals surface area contributed by atoms with Gasteiger partial charge in [-0.15, -0.1) is 12.4 Å². The van der Waals surface area contributed by atoms with Gasteiger partial charge in [0.25, 0.3) is 0 Å². The molecule has 2 N–H and O–H groups in total. The molecule has 2 rings (SSSR count). The minimum atomic E-state index is -3.67. The highest BCUT2D eigenvalue weighted by Crippen LogP contribution is 2.27. The molecule has 0 bridgehead atoms. The zero-order valence-corrected chi connectivity index (χ0v) is 16.7. The third-order valence-electron chi connectivity index (χ3n) is 4.26. The van der Waals surface area contributed by atoms with Crippen LogP contribution in [0.2, 0.25) is 5.02 Å². The van der Waals surface area contributed by atoms with E-state index < -0.39 is 10.0 Å². The predicted octanol–water partition coefficient (Wildman–Crippen LogP) is 2.93. The van der Waals surface area contributed by atoms with Gasteiger partial charge in [0, 0.05) is 13.7 Å². The molecule has 0 aliphatic carbocycles. The summed E-state index contributed by atoms with van der Waals surface area (Å²) in [6.45, 7) is 5.65. The number of sulfonamides is 1. The van der Waals surface area contributed by atoms with Gasteiger partial charge in [-0.1, -0.05) is 31.5 Å². The lowest BCUT2D eigenvalue weighted by atomic mass is 9.99. The standard InChI is InChI=1S/C16H25ClN2O3S.ClH/c1-12(2)13-5-6-14(17)15(9-13)23(20,21)19-10-16(11-22-3)7-4-8-18-16;/h5-6,9,12,18-19H,4,7-8,10-11H2,1-3H3;1H. The maximum Gasteiger partial charge on any atom is 0.242 e. The molecule has 0 amide bonds. The summed E-state index contributed by atoms with van der Waals surface area (Å²) in [5.41, 5.74) is 0.601. The number of nitrogens with one attached hydrogen (secondary N) is 2. The predicted molar refractivity (Wildman–Crippen MR) is 99.8 cm³/mol. The second-order valence-electron chi connectivity index (χ2n) is 6.41. The van der Waals surface area contributed by atoms with E-state index in [0.29, 0.717) is 6.61 Å². The lowest BCUT2D eigenvalue weighted by Crippen LogP contribution is -2.52.